The van der Waals surface area contributed by atoms with E-state index in [1.165, 1.54) is 12.8 Å². The summed E-state index contributed by atoms with van der Waals surface area (Å²) in [6.07, 6.45) is 4.37. The van der Waals surface area contributed by atoms with Crippen molar-refractivity contribution in [3.05, 3.63) is 0 Å². The molecule has 1 N–H and O–H groups in total. The molecule has 1 amide bonds. The van der Waals surface area contributed by atoms with Gasteiger partial charge in [0.15, 0.2) is 0 Å². The molecule has 0 bridgehead atoms. The third-order valence-corrected chi connectivity index (χ3v) is 4.42. The van der Waals surface area contributed by atoms with E-state index < -0.39 is 0 Å². The highest BCUT2D eigenvalue weighted by Crippen LogP contribution is 2.21. The number of hydrogen-bond donors (Lipinski definition) is 1. The van der Waals surface area contributed by atoms with Crippen LogP contribution < -0.4 is 5.32 Å². The molecule has 2 saturated heterocycles. The molecule has 2 rings (SSSR count). The van der Waals surface area contributed by atoms with Gasteiger partial charge in [0.1, 0.15) is 0 Å². The SMILES string of the molecule is CC1CN(C(=O)CC2CCCCN2)CC1N(C)C. The van der Waals surface area contributed by atoms with Gasteiger partial charge in [-0.3, -0.25) is 4.79 Å². The van der Waals surface area contributed by atoms with Crippen LogP contribution in [0.3, 0.4) is 0 Å². The van der Waals surface area contributed by atoms with Crippen LogP contribution in [0.25, 0.3) is 0 Å². The first kappa shape index (κ1) is 13.8. The summed E-state index contributed by atoms with van der Waals surface area (Å²) in [5, 5.41) is 3.46. The quantitative estimate of drug-likeness (QED) is 0.812. The number of piperidine rings is 1. The van der Waals surface area contributed by atoms with Gasteiger partial charge in [-0.15, -0.1) is 0 Å². The lowest BCUT2D eigenvalue weighted by molar-refractivity contribution is -0.131. The van der Waals surface area contributed by atoms with E-state index in [2.05, 4.69) is 36.1 Å². The molecule has 0 aromatic carbocycles. The van der Waals surface area contributed by atoms with Crippen LogP contribution in [0.5, 0.6) is 0 Å². The molecule has 0 aromatic rings. The van der Waals surface area contributed by atoms with Crippen molar-refractivity contribution < 1.29 is 4.79 Å². The van der Waals surface area contributed by atoms with E-state index in [0.717, 1.165) is 26.1 Å². The highest BCUT2D eigenvalue weighted by Gasteiger charge is 2.34. The molecule has 3 atom stereocenters. The van der Waals surface area contributed by atoms with Crippen LogP contribution in [-0.4, -0.2) is 61.5 Å². The van der Waals surface area contributed by atoms with Crippen LogP contribution in [0.4, 0.5) is 0 Å². The maximum absolute atomic E-state index is 12.3. The molecule has 2 fully saturated rings. The van der Waals surface area contributed by atoms with Gasteiger partial charge in [-0.25, -0.2) is 0 Å². The first-order valence-electron chi connectivity index (χ1n) is 7.25. The summed E-state index contributed by atoms with van der Waals surface area (Å²) in [4.78, 5) is 16.6. The summed E-state index contributed by atoms with van der Waals surface area (Å²) in [5.41, 5.74) is 0. The van der Waals surface area contributed by atoms with Crippen molar-refractivity contribution in [1.82, 2.24) is 15.1 Å². The maximum atomic E-state index is 12.3. The van der Waals surface area contributed by atoms with Crippen LogP contribution in [0.2, 0.25) is 0 Å². The Morgan fingerprint density at radius 3 is 2.67 bits per heavy atom. The zero-order valence-electron chi connectivity index (χ0n) is 12.0. The number of carbonyl (C=O) groups is 1. The van der Waals surface area contributed by atoms with Crippen molar-refractivity contribution in [3.8, 4) is 0 Å². The first-order valence-corrected chi connectivity index (χ1v) is 7.25. The third kappa shape index (κ3) is 3.23. The second kappa shape index (κ2) is 6.02. The van der Waals surface area contributed by atoms with Gasteiger partial charge < -0.3 is 15.1 Å². The molecule has 3 unspecified atom stereocenters. The van der Waals surface area contributed by atoms with Gasteiger partial charge >= 0.3 is 0 Å². The Kier molecular flexibility index (Phi) is 4.62. The fraction of sp³-hybridized carbons (Fsp3) is 0.929. The predicted molar refractivity (Wildman–Crippen MR) is 73.5 cm³/mol. The summed E-state index contributed by atoms with van der Waals surface area (Å²) < 4.78 is 0. The molecule has 18 heavy (non-hydrogen) atoms. The minimum absolute atomic E-state index is 0.339. The van der Waals surface area contributed by atoms with Crippen molar-refractivity contribution in [3.63, 3.8) is 0 Å². The first-order chi connectivity index (χ1) is 8.58. The minimum Gasteiger partial charge on any atom is -0.341 e. The minimum atomic E-state index is 0.339. The standard InChI is InChI=1S/C14H27N3O/c1-11-9-17(10-13(11)16(2)3)14(18)8-12-6-4-5-7-15-12/h11-13,15H,4-10H2,1-3H3. The zero-order chi connectivity index (χ0) is 13.1. The number of rotatable bonds is 3. The Balaban J connectivity index is 1.82. The van der Waals surface area contributed by atoms with Gasteiger partial charge in [0.25, 0.3) is 0 Å². The lowest BCUT2D eigenvalue weighted by atomic mass is 10.0. The Bertz CT molecular complexity index is 287. The van der Waals surface area contributed by atoms with Gasteiger partial charge in [-0.05, 0) is 39.4 Å². The van der Waals surface area contributed by atoms with Gasteiger partial charge in [0.2, 0.25) is 5.91 Å². The zero-order valence-corrected chi connectivity index (χ0v) is 12.0. The number of carbonyl (C=O) groups excluding carboxylic acids is 1. The number of hydrogen-bond acceptors (Lipinski definition) is 3. The fourth-order valence-electron chi connectivity index (χ4n) is 3.26. The van der Waals surface area contributed by atoms with Gasteiger partial charge in [-0.1, -0.05) is 13.3 Å². The Morgan fingerprint density at radius 2 is 2.11 bits per heavy atom. The van der Waals surface area contributed by atoms with Crippen molar-refractivity contribution in [2.75, 3.05) is 33.7 Å². The van der Waals surface area contributed by atoms with Crippen LogP contribution in [-0.2, 0) is 4.79 Å². The van der Waals surface area contributed by atoms with Crippen LogP contribution >= 0.6 is 0 Å². The topological polar surface area (TPSA) is 35.6 Å². The molecule has 0 saturated carbocycles. The van der Waals surface area contributed by atoms with Crippen molar-refractivity contribution in [2.45, 2.75) is 44.7 Å². The Morgan fingerprint density at radius 1 is 1.33 bits per heavy atom. The van der Waals surface area contributed by atoms with Crippen LogP contribution in [0.15, 0.2) is 0 Å². The second-order valence-corrected chi connectivity index (χ2v) is 6.16. The summed E-state index contributed by atoms with van der Waals surface area (Å²) in [5.74, 6) is 0.925. The van der Waals surface area contributed by atoms with E-state index in [9.17, 15) is 4.79 Å². The van der Waals surface area contributed by atoms with E-state index in [4.69, 9.17) is 0 Å². The van der Waals surface area contributed by atoms with Crippen LogP contribution in [0.1, 0.15) is 32.6 Å². The number of likely N-dealkylation sites (tertiary alicyclic amines) is 1. The van der Waals surface area contributed by atoms with E-state index in [-0.39, 0.29) is 0 Å². The Hall–Kier alpha value is -0.610. The van der Waals surface area contributed by atoms with Crippen molar-refractivity contribution in [2.24, 2.45) is 5.92 Å². The molecule has 0 spiro atoms. The lowest BCUT2D eigenvalue weighted by Gasteiger charge is -2.26. The second-order valence-electron chi connectivity index (χ2n) is 6.16. The summed E-state index contributed by atoms with van der Waals surface area (Å²) >= 11 is 0. The third-order valence-electron chi connectivity index (χ3n) is 4.42. The molecule has 4 nitrogen and oxygen atoms in total. The number of nitrogens with zero attached hydrogens (tertiary/aromatic N) is 2. The largest absolute Gasteiger partial charge is 0.341 e. The molecule has 0 aromatic heterocycles. The molecule has 0 aliphatic carbocycles. The molecular formula is C14H27N3O. The monoisotopic (exact) mass is 253 g/mol. The number of amides is 1. The smallest absolute Gasteiger partial charge is 0.224 e. The summed E-state index contributed by atoms with van der Waals surface area (Å²) in [6.45, 7) is 5.15. The van der Waals surface area contributed by atoms with Crippen LogP contribution in [0, 0.1) is 5.92 Å². The normalized spacial score (nSPS) is 33.1. The fourth-order valence-corrected chi connectivity index (χ4v) is 3.26. The predicted octanol–water partition coefficient (Wildman–Crippen LogP) is 0.927. The van der Waals surface area contributed by atoms with E-state index in [1.807, 2.05) is 0 Å². The highest BCUT2D eigenvalue weighted by molar-refractivity contribution is 5.77. The van der Waals surface area contributed by atoms with Gasteiger partial charge in [0, 0.05) is 31.6 Å². The summed E-state index contributed by atoms with van der Waals surface area (Å²) in [6, 6.07) is 0.938. The molecular weight excluding hydrogens is 226 g/mol. The van der Waals surface area contributed by atoms with Gasteiger partial charge in [-0.2, -0.15) is 0 Å². The molecule has 2 aliphatic rings. The van der Waals surface area contributed by atoms with E-state index in [1.54, 1.807) is 0 Å². The summed E-state index contributed by atoms with van der Waals surface area (Å²) in [7, 11) is 4.22. The molecule has 2 heterocycles. The van der Waals surface area contributed by atoms with Gasteiger partial charge in [0.05, 0.1) is 0 Å². The van der Waals surface area contributed by atoms with E-state index in [0.29, 0.717) is 30.3 Å². The van der Waals surface area contributed by atoms with Crippen molar-refractivity contribution in [1.29, 1.82) is 0 Å². The average molecular weight is 253 g/mol. The molecule has 0 radical (unpaired) electrons. The average Bonchev–Trinajstić information content (AvgIpc) is 2.73. The maximum Gasteiger partial charge on any atom is 0.224 e. The Labute approximate surface area is 111 Å². The number of likely N-dealkylation sites (N-methyl/N-ethyl adjacent to an activating group) is 1. The lowest BCUT2D eigenvalue weighted by Crippen LogP contribution is -2.41. The number of nitrogens with one attached hydrogen (secondary N) is 1. The molecule has 4 heteroatoms. The highest BCUT2D eigenvalue weighted by atomic mass is 16.2. The van der Waals surface area contributed by atoms with E-state index >= 15 is 0 Å². The van der Waals surface area contributed by atoms with Crippen molar-refractivity contribution >= 4 is 5.91 Å². The molecule has 104 valence electrons. The molecule has 2 aliphatic heterocycles.